The van der Waals surface area contributed by atoms with Crippen LogP contribution in [-0.4, -0.2) is 16.8 Å². The molecule has 1 aliphatic rings. The number of halogens is 1. The van der Waals surface area contributed by atoms with E-state index in [0.29, 0.717) is 17.9 Å². The minimum Gasteiger partial charge on any atom is -0.460 e. The van der Waals surface area contributed by atoms with Crippen LogP contribution in [-0.2, 0) is 21.6 Å². The van der Waals surface area contributed by atoms with Crippen LogP contribution in [0.25, 0.3) is 0 Å². The van der Waals surface area contributed by atoms with Crippen LogP contribution in [0, 0.1) is 10.1 Å². The molecule has 0 unspecified atom stereocenters. The highest BCUT2D eigenvalue weighted by atomic mass is 35.5. The zero-order valence-electron chi connectivity index (χ0n) is 15.7. The lowest BCUT2D eigenvalue weighted by Crippen LogP contribution is -2.39. The van der Waals surface area contributed by atoms with Crippen LogP contribution in [0.15, 0.2) is 42.5 Å². The van der Waals surface area contributed by atoms with Crippen molar-refractivity contribution >= 4 is 29.2 Å². The zero-order valence-corrected chi connectivity index (χ0v) is 16.5. The van der Waals surface area contributed by atoms with Crippen LogP contribution < -0.4 is 5.73 Å². The summed E-state index contributed by atoms with van der Waals surface area (Å²) in [6.45, 7) is -0.267. The first kappa shape index (κ1) is 20.8. The molecule has 2 aromatic rings. The van der Waals surface area contributed by atoms with Crippen LogP contribution in [0.1, 0.15) is 53.6 Å². The molecule has 1 saturated carbocycles. The number of amides is 1. The van der Waals surface area contributed by atoms with Gasteiger partial charge in [0.25, 0.3) is 5.69 Å². The highest BCUT2D eigenvalue weighted by Crippen LogP contribution is 2.41. The fraction of sp³-hybridized carbons (Fsp3) is 0.333. The van der Waals surface area contributed by atoms with Gasteiger partial charge < -0.3 is 10.5 Å². The first-order valence-electron chi connectivity index (χ1n) is 9.34. The summed E-state index contributed by atoms with van der Waals surface area (Å²) in [4.78, 5) is 35.2. The number of hydrogen-bond acceptors (Lipinski definition) is 5. The summed E-state index contributed by atoms with van der Waals surface area (Å²) >= 11 is 6.13. The summed E-state index contributed by atoms with van der Waals surface area (Å²) in [5, 5.41) is 11.9. The Kier molecular flexibility index (Phi) is 6.17. The number of ether oxygens (including phenoxy) is 1. The summed E-state index contributed by atoms with van der Waals surface area (Å²) in [6, 6.07) is 11.1. The Hall–Kier alpha value is -2.93. The van der Waals surface area contributed by atoms with Crippen molar-refractivity contribution in [2.45, 2.75) is 44.1 Å². The lowest BCUT2D eigenvalue weighted by atomic mass is 9.69. The Labute approximate surface area is 172 Å². The zero-order chi connectivity index (χ0) is 21.0. The number of benzene rings is 2. The van der Waals surface area contributed by atoms with E-state index in [1.54, 1.807) is 18.2 Å². The normalized spacial score (nSPS) is 15.5. The van der Waals surface area contributed by atoms with Gasteiger partial charge in [-0.2, -0.15) is 0 Å². The number of nitro groups is 1. The fourth-order valence-corrected chi connectivity index (χ4v) is 4.03. The third-order valence-electron chi connectivity index (χ3n) is 5.40. The number of primary amides is 1. The molecule has 0 radical (unpaired) electrons. The van der Waals surface area contributed by atoms with Gasteiger partial charge in [0.2, 0.25) is 5.91 Å². The maximum Gasteiger partial charge on any atom is 0.316 e. The van der Waals surface area contributed by atoms with Crippen LogP contribution in [0.5, 0.6) is 0 Å². The predicted octanol–water partition coefficient (Wildman–Crippen LogP) is 4.29. The molecule has 0 bridgehead atoms. The van der Waals surface area contributed by atoms with Crippen LogP contribution >= 0.6 is 11.6 Å². The number of carbonyl (C=O) groups is 2. The SMILES string of the molecule is NC(=O)c1ccc(COC(=O)C2(c3cccc(Cl)c3)CCCCC2)c([N+](=O)[O-])c1. The average Bonchev–Trinajstić information content (AvgIpc) is 2.72. The maximum atomic E-state index is 13.2. The van der Waals surface area contributed by atoms with E-state index >= 15 is 0 Å². The quantitative estimate of drug-likeness (QED) is 0.428. The molecule has 29 heavy (non-hydrogen) atoms. The summed E-state index contributed by atoms with van der Waals surface area (Å²) in [7, 11) is 0. The van der Waals surface area contributed by atoms with Crippen molar-refractivity contribution in [2.75, 3.05) is 0 Å². The van der Waals surface area contributed by atoms with Gasteiger partial charge in [-0.15, -0.1) is 0 Å². The molecular formula is C21H21ClN2O5. The molecule has 8 heteroatoms. The molecular weight excluding hydrogens is 396 g/mol. The van der Waals surface area contributed by atoms with Gasteiger partial charge >= 0.3 is 5.97 Å². The number of esters is 1. The Balaban J connectivity index is 1.86. The van der Waals surface area contributed by atoms with E-state index in [1.165, 1.54) is 12.1 Å². The molecule has 2 N–H and O–H groups in total. The molecule has 0 aromatic heterocycles. The van der Waals surface area contributed by atoms with Gasteiger partial charge in [0.1, 0.15) is 6.61 Å². The number of rotatable bonds is 6. The van der Waals surface area contributed by atoms with Gasteiger partial charge in [-0.3, -0.25) is 19.7 Å². The first-order chi connectivity index (χ1) is 13.8. The van der Waals surface area contributed by atoms with Crippen molar-refractivity contribution in [3.63, 3.8) is 0 Å². The molecule has 0 aliphatic heterocycles. The van der Waals surface area contributed by atoms with Crippen LogP contribution in [0.2, 0.25) is 5.02 Å². The lowest BCUT2D eigenvalue weighted by molar-refractivity contribution is -0.385. The molecule has 0 atom stereocenters. The smallest absolute Gasteiger partial charge is 0.316 e. The number of nitro benzene ring substituents is 1. The van der Waals surface area contributed by atoms with Crippen molar-refractivity contribution in [3.8, 4) is 0 Å². The van der Waals surface area contributed by atoms with Gasteiger partial charge in [-0.25, -0.2) is 0 Å². The first-order valence-corrected chi connectivity index (χ1v) is 9.72. The topological polar surface area (TPSA) is 113 Å². The standard InChI is InChI=1S/C21H21ClN2O5/c22-17-6-4-5-16(12-17)21(9-2-1-3-10-21)20(26)29-13-15-8-7-14(19(23)25)11-18(15)24(27)28/h4-8,11-12H,1-3,9-10,13H2,(H2,23,25). The summed E-state index contributed by atoms with van der Waals surface area (Å²) in [6.07, 6.45) is 4.07. The highest BCUT2D eigenvalue weighted by Gasteiger charge is 2.43. The van der Waals surface area contributed by atoms with Gasteiger partial charge in [-0.05, 0) is 42.7 Å². The van der Waals surface area contributed by atoms with Crippen molar-refractivity contribution in [1.29, 1.82) is 0 Å². The minimum atomic E-state index is -0.814. The molecule has 0 saturated heterocycles. The van der Waals surface area contributed by atoms with Crippen molar-refractivity contribution < 1.29 is 19.2 Å². The monoisotopic (exact) mass is 416 g/mol. The van der Waals surface area contributed by atoms with E-state index in [4.69, 9.17) is 22.1 Å². The van der Waals surface area contributed by atoms with E-state index in [2.05, 4.69) is 0 Å². The fourth-order valence-electron chi connectivity index (χ4n) is 3.84. The van der Waals surface area contributed by atoms with E-state index in [-0.39, 0.29) is 23.4 Å². The third-order valence-corrected chi connectivity index (χ3v) is 5.64. The predicted molar refractivity (Wildman–Crippen MR) is 108 cm³/mol. The van der Waals surface area contributed by atoms with Crippen LogP contribution in [0.3, 0.4) is 0 Å². The average molecular weight is 417 g/mol. The van der Waals surface area contributed by atoms with E-state index in [1.807, 2.05) is 6.07 Å². The Morgan fingerprint density at radius 2 is 1.86 bits per heavy atom. The Morgan fingerprint density at radius 1 is 1.14 bits per heavy atom. The molecule has 3 rings (SSSR count). The molecule has 0 spiro atoms. The molecule has 0 heterocycles. The Morgan fingerprint density at radius 3 is 2.48 bits per heavy atom. The van der Waals surface area contributed by atoms with Crippen LogP contribution in [0.4, 0.5) is 5.69 Å². The van der Waals surface area contributed by atoms with Crippen molar-refractivity contribution in [3.05, 3.63) is 74.3 Å². The van der Waals surface area contributed by atoms with E-state index in [9.17, 15) is 19.7 Å². The largest absolute Gasteiger partial charge is 0.460 e. The highest BCUT2D eigenvalue weighted by molar-refractivity contribution is 6.30. The lowest BCUT2D eigenvalue weighted by Gasteiger charge is -2.35. The van der Waals surface area contributed by atoms with E-state index < -0.39 is 22.2 Å². The second-order valence-corrected chi connectivity index (χ2v) is 7.63. The van der Waals surface area contributed by atoms with Crippen molar-refractivity contribution in [2.24, 2.45) is 5.73 Å². The second kappa shape index (κ2) is 8.61. The summed E-state index contributed by atoms with van der Waals surface area (Å²) < 4.78 is 5.55. The molecule has 152 valence electrons. The van der Waals surface area contributed by atoms with E-state index in [0.717, 1.165) is 30.9 Å². The molecule has 7 nitrogen and oxygen atoms in total. The van der Waals surface area contributed by atoms with Gasteiger partial charge in [-0.1, -0.05) is 43.0 Å². The number of carbonyl (C=O) groups excluding carboxylic acids is 2. The molecule has 1 aliphatic carbocycles. The van der Waals surface area contributed by atoms with Gasteiger partial charge in [0, 0.05) is 16.7 Å². The number of nitrogens with zero attached hydrogens (tertiary/aromatic N) is 1. The molecule has 2 aromatic carbocycles. The molecule has 1 fully saturated rings. The maximum absolute atomic E-state index is 13.2. The number of hydrogen-bond donors (Lipinski definition) is 1. The minimum absolute atomic E-state index is 0.0226. The van der Waals surface area contributed by atoms with Gasteiger partial charge in [0.05, 0.1) is 15.9 Å². The second-order valence-electron chi connectivity index (χ2n) is 7.19. The Bertz CT molecular complexity index is 954. The third kappa shape index (κ3) is 4.40. The summed E-state index contributed by atoms with van der Waals surface area (Å²) in [5.41, 5.74) is 5.09. The molecule has 1 amide bonds. The van der Waals surface area contributed by atoms with Gasteiger partial charge in [0.15, 0.2) is 0 Å². The van der Waals surface area contributed by atoms with Crippen molar-refractivity contribution in [1.82, 2.24) is 0 Å². The summed E-state index contributed by atoms with van der Waals surface area (Å²) in [5.74, 6) is -1.19. The number of nitrogens with two attached hydrogens (primary N) is 1.